The normalized spacial score (nSPS) is 28.4. The molecule has 2 heterocycles. The molecular formula is C12H24N2O. The Morgan fingerprint density at radius 3 is 2.73 bits per heavy atom. The van der Waals surface area contributed by atoms with Crippen LogP contribution in [0.3, 0.4) is 0 Å². The van der Waals surface area contributed by atoms with Gasteiger partial charge in [0.05, 0.1) is 0 Å². The molecule has 0 spiro atoms. The second-order valence-corrected chi connectivity index (χ2v) is 4.91. The van der Waals surface area contributed by atoms with Gasteiger partial charge in [-0.05, 0) is 63.7 Å². The van der Waals surface area contributed by atoms with Crippen LogP contribution in [0.2, 0.25) is 0 Å². The van der Waals surface area contributed by atoms with Gasteiger partial charge in [0, 0.05) is 13.2 Å². The van der Waals surface area contributed by atoms with Gasteiger partial charge in [0.15, 0.2) is 0 Å². The van der Waals surface area contributed by atoms with Gasteiger partial charge in [0.1, 0.15) is 0 Å². The highest BCUT2D eigenvalue weighted by Gasteiger charge is 2.15. The monoisotopic (exact) mass is 212 g/mol. The fourth-order valence-corrected chi connectivity index (χ4v) is 2.52. The molecule has 2 aliphatic rings. The summed E-state index contributed by atoms with van der Waals surface area (Å²) in [6, 6.07) is 0. The van der Waals surface area contributed by atoms with Crippen LogP contribution in [-0.2, 0) is 4.74 Å². The van der Waals surface area contributed by atoms with Crippen molar-refractivity contribution < 1.29 is 4.74 Å². The topological polar surface area (TPSA) is 33.3 Å². The molecular weight excluding hydrogens is 188 g/mol. The van der Waals surface area contributed by atoms with Gasteiger partial charge in [-0.15, -0.1) is 0 Å². The number of nitrogens with one attached hydrogen (secondary N) is 2. The molecule has 88 valence electrons. The molecule has 2 rings (SSSR count). The van der Waals surface area contributed by atoms with Crippen LogP contribution >= 0.6 is 0 Å². The van der Waals surface area contributed by atoms with Crippen LogP contribution in [0.1, 0.15) is 25.7 Å². The summed E-state index contributed by atoms with van der Waals surface area (Å²) in [4.78, 5) is 0. The Bertz CT molecular complexity index is 163. The molecule has 1 atom stereocenters. The second kappa shape index (κ2) is 6.46. The van der Waals surface area contributed by atoms with Crippen LogP contribution in [-0.4, -0.2) is 39.4 Å². The van der Waals surface area contributed by atoms with Crippen molar-refractivity contribution in [1.82, 2.24) is 10.6 Å². The van der Waals surface area contributed by atoms with Gasteiger partial charge < -0.3 is 15.4 Å². The molecule has 2 saturated heterocycles. The van der Waals surface area contributed by atoms with E-state index in [-0.39, 0.29) is 0 Å². The molecule has 0 aliphatic carbocycles. The quantitative estimate of drug-likeness (QED) is 0.667. The van der Waals surface area contributed by atoms with Gasteiger partial charge in [-0.3, -0.25) is 0 Å². The molecule has 0 bridgehead atoms. The molecule has 15 heavy (non-hydrogen) atoms. The summed E-state index contributed by atoms with van der Waals surface area (Å²) < 4.78 is 5.35. The zero-order valence-electron chi connectivity index (χ0n) is 9.63. The molecule has 2 aliphatic heterocycles. The molecule has 0 aromatic carbocycles. The third-order valence-electron chi connectivity index (χ3n) is 3.67. The zero-order valence-corrected chi connectivity index (χ0v) is 9.63. The van der Waals surface area contributed by atoms with Crippen molar-refractivity contribution in [2.45, 2.75) is 25.7 Å². The summed E-state index contributed by atoms with van der Waals surface area (Å²) in [6.45, 7) is 6.80. The zero-order chi connectivity index (χ0) is 10.3. The van der Waals surface area contributed by atoms with Crippen molar-refractivity contribution in [2.24, 2.45) is 11.8 Å². The van der Waals surface area contributed by atoms with Gasteiger partial charge >= 0.3 is 0 Å². The Balaban J connectivity index is 1.47. The first-order valence-corrected chi connectivity index (χ1v) is 6.44. The lowest BCUT2D eigenvalue weighted by molar-refractivity contribution is 0.0663. The Labute approximate surface area is 93.0 Å². The molecule has 2 N–H and O–H groups in total. The minimum absolute atomic E-state index is 0.862. The first-order valence-electron chi connectivity index (χ1n) is 6.44. The van der Waals surface area contributed by atoms with Crippen molar-refractivity contribution in [3.63, 3.8) is 0 Å². The van der Waals surface area contributed by atoms with Gasteiger partial charge in [-0.1, -0.05) is 0 Å². The predicted molar refractivity (Wildman–Crippen MR) is 62.0 cm³/mol. The maximum absolute atomic E-state index is 5.35. The smallest absolute Gasteiger partial charge is 0.0469 e. The van der Waals surface area contributed by atoms with Crippen molar-refractivity contribution >= 4 is 0 Å². The summed E-state index contributed by atoms with van der Waals surface area (Å²) in [6.07, 6.45) is 5.21. The van der Waals surface area contributed by atoms with Crippen LogP contribution < -0.4 is 10.6 Å². The number of ether oxygens (including phenoxy) is 1. The molecule has 0 saturated carbocycles. The average Bonchev–Trinajstić information content (AvgIpc) is 2.79. The van der Waals surface area contributed by atoms with Gasteiger partial charge in [0.2, 0.25) is 0 Å². The van der Waals surface area contributed by atoms with Crippen LogP contribution in [0.25, 0.3) is 0 Å². The van der Waals surface area contributed by atoms with Crippen LogP contribution in [0, 0.1) is 11.8 Å². The molecule has 1 unspecified atom stereocenters. The maximum Gasteiger partial charge on any atom is 0.0469 e. The minimum Gasteiger partial charge on any atom is -0.381 e. The highest BCUT2D eigenvalue weighted by molar-refractivity contribution is 4.72. The Hall–Kier alpha value is -0.120. The van der Waals surface area contributed by atoms with E-state index in [2.05, 4.69) is 10.6 Å². The lowest BCUT2D eigenvalue weighted by Crippen LogP contribution is -2.29. The van der Waals surface area contributed by atoms with Gasteiger partial charge in [-0.2, -0.15) is 0 Å². The Morgan fingerprint density at radius 1 is 1.13 bits per heavy atom. The molecule has 0 radical (unpaired) electrons. The van der Waals surface area contributed by atoms with Crippen LogP contribution in [0.5, 0.6) is 0 Å². The second-order valence-electron chi connectivity index (χ2n) is 4.91. The van der Waals surface area contributed by atoms with Crippen LogP contribution in [0.4, 0.5) is 0 Å². The standard InChI is InChI=1S/C12H24N2O/c1-5-13-9-11(1)2-6-14-10-12-3-7-15-8-4-12/h11-14H,1-10H2. The van der Waals surface area contributed by atoms with E-state index >= 15 is 0 Å². The fraction of sp³-hybridized carbons (Fsp3) is 1.00. The van der Waals surface area contributed by atoms with Crippen molar-refractivity contribution in [1.29, 1.82) is 0 Å². The van der Waals surface area contributed by atoms with E-state index in [1.807, 2.05) is 0 Å². The summed E-state index contributed by atoms with van der Waals surface area (Å²) in [5.41, 5.74) is 0. The molecule has 0 aromatic heterocycles. The number of hydrogen-bond acceptors (Lipinski definition) is 3. The minimum atomic E-state index is 0.862. The first kappa shape index (κ1) is 11.4. The highest BCUT2D eigenvalue weighted by Crippen LogP contribution is 2.14. The van der Waals surface area contributed by atoms with E-state index in [1.54, 1.807) is 0 Å². The molecule has 3 nitrogen and oxygen atoms in total. The van der Waals surface area contributed by atoms with Crippen molar-refractivity contribution in [2.75, 3.05) is 39.4 Å². The van der Waals surface area contributed by atoms with E-state index in [0.717, 1.165) is 25.0 Å². The Morgan fingerprint density at radius 2 is 2.00 bits per heavy atom. The highest BCUT2D eigenvalue weighted by atomic mass is 16.5. The molecule has 2 fully saturated rings. The number of rotatable bonds is 5. The van der Waals surface area contributed by atoms with Gasteiger partial charge in [0.25, 0.3) is 0 Å². The predicted octanol–water partition coefficient (Wildman–Crippen LogP) is 1.00. The van der Waals surface area contributed by atoms with Crippen LogP contribution in [0.15, 0.2) is 0 Å². The van der Waals surface area contributed by atoms with Gasteiger partial charge in [-0.25, -0.2) is 0 Å². The van der Waals surface area contributed by atoms with E-state index in [1.165, 1.54) is 51.9 Å². The lowest BCUT2D eigenvalue weighted by Gasteiger charge is -2.22. The Kier molecular flexibility index (Phi) is 4.90. The van der Waals surface area contributed by atoms with E-state index in [9.17, 15) is 0 Å². The molecule has 3 heteroatoms. The van der Waals surface area contributed by atoms with E-state index in [0.29, 0.717) is 0 Å². The first-order chi connectivity index (χ1) is 7.45. The summed E-state index contributed by atoms with van der Waals surface area (Å²) in [7, 11) is 0. The molecule has 0 amide bonds. The average molecular weight is 212 g/mol. The summed E-state index contributed by atoms with van der Waals surface area (Å²) in [5.74, 6) is 1.78. The lowest BCUT2D eigenvalue weighted by atomic mass is 10.00. The summed E-state index contributed by atoms with van der Waals surface area (Å²) in [5, 5.41) is 7.02. The maximum atomic E-state index is 5.35. The largest absolute Gasteiger partial charge is 0.381 e. The van der Waals surface area contributed by atoms with E-state index in [4.69, 9.17) is 4.74 Å². The van der Waals surface area contributed by atoms with Crippen molar-refractivity contribution in [3.05, 3.63) is 0 Å². The summed E-state index contributed by atoms with van der Waals surface area (Å²) >= 11 is 0. The fourth-order valence-electron chi connectivity index (χ4n) is 2.52. The third-order valence-corrected chi connectivity index (χ3v) is 3.67. The SMILES string of the molecule is C1CC(CCNCC2CCOCC2)CN1. The number of hydrogen-bond donors (Lipinski definition) is 2. The molecule has 0 aromatic rings. The third kappa shape index (κ3) is 4.09. The van der Waals surface area contributed by atoms with Crippen molar-refractivity contribution in [3.8, 4) is 0 Å². The van der Waals surface area contributed by atoms with E-state index < -0.39 is 0 Å².